The van der Waals surface area contributed by atoms with Crippen molar-refractivity contribution in [1.29, 1.82) is 0 Å². The third-order valence-electron chi connectivity index (χ3n) is 6.00. The van der Waals surface area contributed by atoms with Crippen LogP contribution in [0.5, 0.6) is 0 Å². The number of hydrogen-bond donors (Lipinski definition) is 2. The Hall–Kier alpha value is -2.61. The number of anilines is 1. The molecule has 0 unspecified atom stereocenters. The molecule has 0 saturated carbocycles. The number of H-pyrrole nitrogens is 1. The fourth-order valence-corrected chi connectivity index (χ4v) is 5.46. The number of likely N-dealkylation sites (tertiary alicyclic amines) is 1. The number of hydrogen-bond acceptors (Lipinski definition) is 6. The van der Waals surface area contributed by atoms with Crippen molar-refractivity contribution in [2.24, 2.45) is 5.92 Å². The van der Waals surface area contributed by atoms with E-state index in [0.29, 0.717) is 16.8 Å². The minimum Gasteiger partial charge on any atom is -0.381 e. The van der Waals surface area contributed by atoms with Gasteiger partial charge in [0.15, 0.2) is 5.82 Å². The first-order chi connectivity index (χ1) is 15.6. The third kappa shape index (κ3) is 4.33. The fourth-order valence-electron chi connectivity index (χ4n) is 4.11. The number of rotatable bonds is 5. The molecule has 6 nitrogen and oxygen atoms in total. The van der Waals surface area contributed by atoms with Gasteiger partial charge in [0.05, 0.1) is 28.1 Å². The molecule has 0 amide bonds. The molecular weight excluding hydrogens is 440 g/mol. The maximum atomic E-state index is 6.54. The Kier molecular flexibility index (Phi) is 6.04. The van der Waals surface area contributed by atoms with Gasteiger partial charge in [-0.05, 0) is 51.0 Å². The summed E-state index contributed by atoms with van der Waals surface area (Å²) in [5.74, 6) is 2.14. The summed E-state index contributed by atoms with van der Waals surface area (Å²) in [4.78, 5) is 12.2. The van der Waals surface area contributed by atoms with Crippen molar-refractivity contribution in [1.82, 2.24) is 25.1 Å². The van der Waals surface area contributed by atoms with Crippen molar-refractivity contribution in [3.8, 4) is 22.5 Å². The normalized spacial score (nSPS) is 15.4. The fraction of sp³-hybridized carbons (Fsp3) is 0.292. The summed E-state index contributed by atoms with van der Waals surface area (Å²) >= 11 is 8.25. The van der Waals surface area contributed by atoms with Crippen LogP contribution >= 0.6 is 23.4 Å². The molecule has 1 fully saturated rings. The van der Waals surface area contributed by atoms with E-state index in [0.717, 1.165) is 57.3 Å². The van der Waals surface area contributed by atoms with Crippen LogP contribution in [0.3, 0.4) is 0 Å². The molecule has 1 aliphatic rings. The summed E-state index contributed by atoms with van der Waals surface area (Å²) in [5.41, 5.74) is 10.6. The molecule has 2 aromatic carbocycles. The maximum absolute atomic E-state index is 6.54. The molecule has 32 heavy (non-hydrogen) atoms. The van der Waals surface area contributed by atoms with E-state index in [2.05, 4.69) is 22.1 Å². The lowest BCUT2D eigenvalue weighted by atomic mass is 10.00. The topological polar surface area (TPSA) is 83.7 Å². The molecule has 1 aliphatic heterocycles. The van der Waals surface area contributed by atoms with Gasteiger partial charge in [0.25, 0.3) is 0 Å². The van der Waals surface area contributed by atoms with E-state index in [4.69, 9.17) is 27.3 Å². The molecule has 8 heteroatoms. The van der Waals surface area contributed by atoms with Crippen LogP contribution in [0.25, 0.3) is 33.4 Å². The van der Waals surface area contributed by atoms with Crippen LogP contribution < -0.4 is 5.73 Å². The molecule has 0 radical (unpaired) electrons. The van der Waals surface area contributed by atoms with Crippen molar-refractivity contribution in [2.75, 3.05) is 31.6 Å². The number of aromatic amines is 1. The van der Waals surface area contributed by atoms with E-state index < -0.39 is 0 Å². The second-order valence-electron chi connectivity index (χ2n) is 8.33. The van der Waals surface area contributed by atoms with Gasteiger partial charge >= 0.3 is 0 Å². The quantitative estimate of drug-likeness (QED) is 0.387. The predicted molar refractivity (Wildman–Crippen MR) is 133 cm³/mol. The highest BCUT2D eigenvalue weighted by Crippen LogP contribution is 2.37. The number of aromatic nitrogens is 4. The first kappa shape index (κ1) is 21.2. The first-order valence-corrected chi connectivity index (χ1v) is 12.1. The Morgan fingerprint density at radius 2 is 1.84 bits per heavy atom. The van der Waals surface area contributed by atoms with Gasteiger partial charge in [-0.2, -0.15) is 5.10 Å². The zero-order valence-corrected chi connectivity index (χ0v) is 19.5. The second-order valence-corrected chi connectivity index (χ2v) is 9.74. The lowest BCUT2D eigenvalue weighted by molar-refractivity contribution is 0.232. The molecule has 0 bridgehead atoms. The highest BCUT2D eigenvalue weighted by atomic mass is 35.5. The third-order valence-corrected chi connectivity index (χ3v) is 7.51. The average molecular weight is 465 g/mol. The smallest absolute Gasteiger partial charge is 0.156 e. The number of benzene rings is 2. The van der Waals surface area contributed by atoms with E-state index in [1.165, 1.54) is 12.8 Å². The summed E-state index contributed by atoms with van der Waals surface area (Å²) in [7, 11) is 2.18. The van der Waals surface area contributed by atoms with E-state index in [1.807, 2.05) is 42.5 Å². The highest BCUT2D eigenvalue weighted by Gasteiger charge is 2.20. The van der Waals surface area contributed by atoms with Gasteiger partial charge in [0.2, 0.25) is 0 Å². The van der Waals surface area contributed by atoms with Crippen LogP contribution in [-0.4, -0.2) is 51.0 Å². The number of thioether (sulfide) groups is 1. The summed E-state index contributed by atoms with van der Waals surface area (Å²) in [6, 6.07) is 14.0. The van der Waals surface area contributed by atoms with Gasteiger partial charge in [-0.1, -0.05) is 41.9 Å². The summed E-state index contributed by atoms with van der Waals surface area (Å²) in [6.07, 6.45) is 4.19. The van der Waals surface area contributed by atoms with Crippen LogP contribution in [0.1, 0.15) is 12.8 Å². The minimum absolute atomic E-state index is 0.473. The number of nitrogens with two attached hydrogens (primary N) is 1. The van der Waals surface area contributed by atoms with Gasteiger partial charge in [-0.15, -0.1) is 11.8 Å². The van der Waals surface area contributed by atoms with Crippen LogP contribution in [0.2, 0.25) is 5.02 Å². The molecule has 0 spiro atoms. The number of nitrogens with zero attached hydrogens (tertiary/aromatic N) is 4. The monoisotopic (exact) mass is 464 g/mol. The summed E-state index contributed by atoms with van der Waals surface area (Å²) in [6.45, 7) is 2.29. The number of nitrogens with one attached hydrogen (secondary N) is 1. The number of fused-ring (bicyclic) bond motifs is 1. The molecule has 3 heterocycles. The number of piperidine rings is 1. The second kappa shape index (κ2) is 9.10. The van der Waals surface area contributed by atoms with Crippen LogP contribution in [0.15, 0.2) is 53.7 Å². The largest absolute Gasteiger partial charge is 0.381 e. The van der Waals surface area contributed by atoms with Crippen LogP contribution in [0, 0.1) is 5.92 Å². The van der Waals surface area contributed by atoms with E-state index in [-0.39, 0.29) is 0 Å². The standard InChI is InChI=1S/C24H25ClN6S/c1-31-9-7-15(8-10-31)14-32-24-23(26)28-21(16-5-3-2-4-6-16)22(29-24)17-11-18-13-27-30-20(18)19(25)12-17/h2-6,11-13,15H,7-10,14H2,1H3,(H2,26,28)(H,27,30). The molecule has 4 aromatic rings. The van der Waals surface area contributed by atoms with Gasteiger partial charge in [0, 0.05) is 22.3 Å². The molecule has 2 aromatic heterocycles. The number of nitrogen functional groups attached to an aromatic ring is 1. The van der Waals surface area contributed by atoms with Gasteiger partial charge in [-0.3, -0.25) is 5.10 Å². The van der Waals surface area contributed by atoms with Gasteiger partial charge in [0.1, 0.15) is 5.03 Å². The van der Waals surface area contributed by atoms with Crippen molar-refractivity contribution < 1.29 is 0 Å². The lowest BCUT2D eigenvalue weighted by Crippen LogP contribution is -2.31. The summed E-state index contributed by atoms with van der Waals surface area (Å²) < 4.78 is 0. The molecule has 164 valence electrons. The van der Waals surface area contributed by atoms with E-state index >= 15 is 0 Å². The van der Waals surface area contributed by atoms with Gasteiger partial charge < -0.3 is 10.6 Å². The molecule has 3 N–H and O–H groups in total. The van der Waals surface area contributed by atoms with Crippen LogP contribution in [0.4, 0.5) is 5.82 Å². The molecule has 5 rings (SSSR count). The Morgan fingerprint density at radius 1 is 1.09 bits per heavy atom. The Bertz CT molecular complexity index is 1230. The predicted octanol–water partition coefficient (Wildman–Crippen LogP) is 5.36. The zero-order chi connectivity index (χ0) is 22.1. The van der Waals surface area contributed by atoms with Crippen LogP contribution in [-0.2, 0) is 0 Å². The summed E-state index contributed by atoms with van der Waals surface area (Å²) in [5, 5.41) is 9.39. The molecule has 1 saturated heterocycles. The van der Waals surface area contributed by atoms with Gasteiger partial charge in [-0.25, -0.2) is 9.97 Å². The van der Waals surface area contributed by atoms with Crippen molar-refractivity contribution in [2.45, 2.75) is 17.9 Å². The van der Waals surface area contributed by atoms with E-state index in [9.17, 15) is 0 Å². The SMILES string of the molecule is CN1CCC(CSc2nc(-c3cc(Cl)c4[nH]ncc4c3)c(-c3ccccc3)nc2N)CC1. The maximum Gasteiger partial charge on any atom is 0.156 e. The Balaban J connectivity index is 1.55. The molecule has 0 aliphatic carbocycles. The zero-order valence-electron chi connectivity index (χ0n) is 17.9. The van der Waals surface area contributed by atoms with E-state index in [1.54, 1.807) is 18.0 Å². The Morgan fingerprint density at radius 3 is 2.62 bits per heavy atom. The van der Waals surface area contributed by atoms with Crippen molar-refractivity contribution >= 4 is 40.1 Å². The Labute approximate surface area is 196 Å². The van der Waals surface area contributed by atoms with Crippen molar-refractivity contribution in [3.05, 3.63) is 53.7 Å². The first-order valence-electron chi connectivity index (χ1n) is 10.8. The number of halogens is 1. The lowest BCUT2D eigenvalue weighted by Gasteiger charge is -2.28. The molecular formula is C24H25ClN6S. The average Bonchev–Trinajstić information content (AvgIpc) is 3.29. The molecule has 0 atom stereocenters. The minimum atomic E-state index is 0.473. The van der Waals surface area contributed by atoms with Crippen molar-refractivity contribution in [3.63, 3.8) is 0 Å². The highest BCUT2D eigenvalue weighted by molar-refractivity contribution is 7.99.